The Balaban J connectivity index is 2.27. The second-order valence-corrected chi connectivity index (χ2v) is 4.34. The fourth-order valence-electron chi connectivity index (χ4n) is 2.06. The summed E-state index contributed by atoms with van der Waals surface area (Å²) in [5.74, 6) is 0. The minimum Gasteiger partial charge on any atom is -0.332 e. The number of carbonyl (C=O) groups is 1. The van der Waals surface area contributed by atoms with Crippen molar-refractivity contribution < 1.29 is 4.79 Å². The number of benzene rings is 1. The number of carbonyl (C=O) groups excluding carboxylic acids is 1. The van der Waals surface area contributed by atoms with E-state index in [2.05, 4.69) is 11.4 Å². The molecule has 1 heterocycles. The summed E-state index contributed by atoms with van der Waals surface area (Å²) >= 11 is 0. The number of nitrogens with zero attached hydrogens (tertiary/aromatic N) is 1. The number of hydrogen-bond donors (Lipinski definition) is 2. The molecule has 0 saturated carbocycles. The lowest BCUT2D eigenvalue weighted by molar-refractivity contribution is 0.251. The van der Waals surface area contributed by atoms with Gasteiger partial charge < -0.3 is 11.1 Å². The van der Waals surface area contributed by atoms with Crippen molar-refractivity contribution in [2.75, 3.05) is 18.0 Å². The molecule has 0 aromatic heterocycles. The van der Waals surface area contributed by atoms with Gasteiger partial charge in [0.05, 0.1) is 6.04 Å². The number of amides is 2. The molecule has 3 N–H and O–H groups in total. The maximum Gasteiger partial charge on any atom is 0.322 e. The molecule has 16 heavy (non-hydrogen) atoms. The molecular formula is C12H17N3O. The van der Waals surface area contributed by atoms with Crippen molar-refractivity contribution in [3.63, 3.8) is 0 Å². The standard InChI is InChI=1S/C12H17N3O/c1-8-3-9(2)5-11(4-8)15-7-10(6-13)14-12(15)16/h3-5,10H,6-7,13H2,1-2H3,(H,14,16). The average Bonchev–Trinajstić information content (AvgIpc) is 2.58. The molecule has 4 nitrogen and oxygen atoms in total. The van der Waals surface area contributed by atoms with Gasteiger partial charge in [-0.15, -0.1) is 0 Å². The molecular weight excluding hydrogens is 202 g/mol. The summed E-state index contributed by atoms with van der Waals surface area (Å²) < 4.78 is 0. The molecule has 1 aromatic carbocycles. The Hall–Kier alpha value is -1.55. The van der Waals surface area contributed by atoms with Crippen LogP contribution in [-0.4, -0.2) is 25.2 Å². The van der Waals surface area contributed by atoms with Crippen LogP contribution in [0, 0.1) is 13.8 Å². The number of nitrogens with one attached hydrogen (secondary N) is 1. The Labute approximate surface area is 95.4 Å². The van der Waals surface area contributed by atoms with Gasteiger partial charge in [0.15, 0.2) is 0 Å². The minimum atomic E-state index is -0.0551. The van der Waals surface area contributed by atoms with Gasteiger partial charge in [-0.05, 0) is 37.1 Å². The highest BCUT2D eigenvalue weighted by atomic mass is 16.2. The molecule has 0 aliphatic carbocycles. The molecule has 1 fully saturated rings. The molecule has 2 amide bonds. The minimum absolute atomic E-state index is 0.0551. The van der Waals surface area contributed by atoms with Crippen molar-refractivity contribution in [3.05, 3.63) is 29.3 Å². The number of aryl methyl sites for hydroxylation is 2. The predicted octanol–water partition coefficient (Wildman–Crippen LogP) is 1.16. The highest BCUT2D eigenvalue weighted by Crippen LogP contribution is 2.21. The van der Waals surface area contributed by atoms with Crippen LogP contribution in [0.2, 0.25) is 0 Å². The summed E-state index contributed by atoms with van der Waals surface area (Å²) in [5.41, 5.74) is 8.84. The Morgan fingerprint density at radius 3 is 2.50 bits per heavy atom. The van der Waals surface area contributed by atoms with E-state index in [1.807, 2.05) is 26.0 Å². The van der Waals surface area contributed by atoms with E-state index in [1.165, 1.54) is 11.1 Å². The Morgan fingerprint density at radius 1 is 1.38 bits per heavy atom. The van der Waals surface area contributed by atoms with Gasteiger partial charge in [0.2, 0.25) is 0 Å². The Morgan fingerprint density at radius 2 is 2.00 bits per heavy atom. The number of rotatable bonds is 2. The zero-order chi connectivity index (χ0) is 11.7. The van der Waals surface area contributed by atoms with Gasteiger partial charge in [0.25, 0.3) is 0 Å². The van der Waals surface area contributed by atoms with Crippen molar-refractivity contribution >= 4 is 11.7 Å². The van der Waals surface area contributed by atoms with Crippen molar-refractivity contribution in [1.82, 2.24) is 5.32 Å². The molecule has 1 aromatic rings. The quantitative estimate of drug-likeness (QED) is 0.784. The molecule has 1 atom stereocenters. The SMILES string of the molecule is Cc1cc(C)cc(N2CC(CN)NC2=O)c1. The first-order chi connectivity index (χ1) is 7.60. The molecule has 1 saturated heterocycles. The zero-order valence-corrected chi connectivity index (χ0v) is 9.66. The van der Waals surface area contributed by atoms with Crippen LogP contribution in [0.5, 0.6) is 0 Å². The van der Waals surface area contributed by atoms with Crippen molar-refractivity contribution in [2.45, 2.75) is 19.9 Å². The predicted molar refractivity (Wildman–Crippen MR) is 64.6 cm³/mol. The van der Waals surface area contributed by atoms with E-state index in [0.717, 1.165) is 5.69 Å². The molecule has 4 heteroatoms. The van der Waals surface area contributed by atoms with E-state index in [9.17, 15) is 4.79 Å². The number of hydrogen-bond acceptors (Lipinski definition) is 2. The third-order valence-electron chi connectivity index (χ3n) is 2.78. The zero-order valence-electron chi connectivity index (χ0n) is 9.66. The number of urea groups is 1. The molecule has 1 unspecified atom stereocenters. The van der Waals surface area contributed by atoms with Crippen LogP contribution in [0.15, 0.2) is 18.2 Å². The molecule has 1 aliphatic rings. The lowest BCUT2D eigenvalue weighted by Crippen LogP contribution is -2.33. The summed E-state index contributed by atoms with van der Waals surface area (Å²) in [5, 5.41) is 2.85. The largest absolute Gasteiger partial charge is 0.332 e. The highest BCUT2D eigenvalue weighted by molar-refractivity contribution is 5.94. The monoisotopic (exact) mass is 219 g/mol. The number of nitrogens with two attached hydrogens (primary N) is 1. The van der Waals surface area contributed by atoms with Gasteiger partial charge in [0, 0.05) is 18.8 Å². The summed E-state index contributed by atoms with van der Waals surface area (Å²) in [6, 6.07) is 6.14. The van der Waals surface area contributed by atoms with Crippen LogP contribution < -0.4 is 16.0 Å². The van der Waals surface area contributed by atoms with E-state index < -0.39 is 0 Å². The maximum atomic E-state index is 11.7. The molecule has 1 aliphatic heterocycles. The van der Waals surface area contributed by atoms with Crippen LogP contribution in [-0.2, 0) is 0 Å². The smallest absolute Gasteiger partial charge is 0.322 e. The Bertz CT molecular complexity index is 396. The first-order valence-electron chi connectivity index (χ1n) is 5.46. The molecule has 0 bridgehead atoms. The molecule has 2 rings (SSSR count). The van der Waals surface area contributed by atoms with E-state index >= 15 is 0 Å². The third kappa shape index (κ3) is 2.02. The summed E-state index contributed by atoms with van der Waals surface area (Å²) in [7, 11) is 0. The van der Waals surface area contributed by atoms with Crippen molar-refractivity contribution in [1.29, 1.82) is 0 Å². The van der Waals surface area contributed by atoms with Crippen LogP contribution in [0.4, 0.5) is 10.5 Å². The van der Waals surface area contributed by atoms with Gasteiger partial charge in [-0.2, -0.15) is 0 Å². The lowest BCUT2D eigenvalue weighted by Gasteiger charge is -2.16. The van der Waals surface area contributed by atoms with Gasteiger partial charge in [-0.1, -0.05) is 6.07 Å². The van der Waals surface area contributed by atoms with Crippen LogP contribution in [0.1, 0.15) is 11.1 Å². The van der Waals surface area contributed by atoms with Gasteiger partial charge in [0.1, 0.15) is 0 Å². The molecule has 86 valence electrons. The first kappa shape index (κ1) is 11.0. The normalized spacial score (nSPS) is 20.1. The lowest BCUT2D eigenvalue weighted by atomic mass is 10.1. The molecule has 0 spiro atoms. The highest BCUT2D eigenvalue weighted by Gasteiger charge is 2.28. The number of anilines is 1. The van der Waals surface area contributed by atoms with Crippen LogP contribution in [0.25, 0.3) is 0 Å². The van der Waals surface area contributed by atoms with Crippen molar-refractivity contribution in [3.8, 4) is 0 Å². The third-order valence-corrected chi connectivity index (χ3v) is 2.78. The summed E-state index contributed by atoms with van der Waals surface area (Å²) in [4.78, 5) is 13.5. The first-order valence-corrected chi connectivity index (χ1v) is 5.46. The second-order valence-electron chi connectivity index (χ2n) is 4.34. The van der Waals surface area contributed by atoms with E-state index in [0.29, 0.717) is 13.1 Å². The van der Waals surface area contributed by atoms with Crippen molar-refractivity contribution in [2.24, 2.45) is 5.73 Å². The Kier molecular flexibility index (Phi) is 2.83. The summed E-state index contributed by atoms with van der Waals surface area (Å²) in [6.07, 6.45) is 0. The topological polar surface area (TPSA) is 58.4 Å². The van der Waals surface area contributed by atoms with Gasteiger partial charge in [-0.3, -0.25) is 4.90 Å². The summed E-state index contributed by atoms with van der Waals surface area (Å²) in [6.45, 7) is 5.20. The van der Waals surface area contributed by atoms with E-state index in [1.54, 1.807) is 4.90 Å². The average molecular weight is 219 g/mol. The van der Waals surface area contributed by atoms with Crippen LogP contribution >= 0.6 is 0 Å². The fraction of sp³-hybridized carbons (Fsp3) is 0.417. The molecule has 0 radical (unpaired) electrons. The van der Waals surface area contributed by atoms with Gasteiger partial charge in [-0.25, -0.2) is 4.79 Å². The fourth-order valence-corrected chi connectivity index (χ4v) is 2.06. The maximum absolute atomic E-state index is 11.7. The van der Waals surface area contributed by atoms with E-state index in [4.69, 9.17) is 5.73 Å². The second kappa shape index (κ2) is 4.14. The van der Waals surface area contributed by atoms with Crippen LogP contribution in [0.3, 0.4) is 0 Å². The van der Waals surface area contributed by atoms with Gasteiger partial charge >= 0.3 is 6.03 Å². The van der Waals surface area contributed by atoms with E-state index in [-0.39, 0.29) is 12.1 Å².